The second-order valence-electron chi connectivity index (χ2n) is 8.42. The third kappa shape index (κ3) is 5.46. The van der Waals surface area contributed by atoms with Crippen molar-refractivity contribution in [2.45, 2.75) is 58.5 Å². The standard InChI is InChI=1S/C24H30N2O4S/c1-15-10-16(2)12-18(11-15)30-14-21(27)26-24-22(19-7-3-4-8-20(19)31-24)23(28)25-13-17-6-5-9-29-17/h10-12,17H,3-9,13-14H2,1-2H3,(H,25,28)(H,26,27)/t17-/m0/s1. The predicted octanol–water partition coefficient (Wildman–Crippen LogP) is 4.17. The van der Waals surface area contributed by atoms with Crippen molar-refractivity contribution in [2.75, 3.05) is 25.1 Å². The number of rotatable bonds is 7. The number of thiophene rings is 1. The molecule has 1 atom stereocenters. The van der Waals surface area contributed by atoms with E-state index in [0.29, 0.717) is 22.9 Å². The van der Waals surface area contributed by atoms with Gasteiger partial charge in [0.25, 0.3) is 11.8 Å². The molecule has 1 aromatic heterocycles. The number of aryl methyl sites for hydroxylation is 3. The van der Waals surface area contributed by atoms with Gasteiger partial charge in [0.2, 0.25) is 0 Å². The number of carbonyl (C=O) groups is 2. The molecule has 1 aliphatic heterocycles. The molecule has 0 radical (unpaired) electrons. The predicted molar refractivity (Wildman–Crippen MR) is 122 cm³/mol. The molecule has 7 heteroatoms. The van der Waals surface area contributed by atoms with Gasteiger partial charge in [0.1, 0.15) is 10.8 Å². The molecular weight excluding hydrogens is 412 g/mol. The van der Waals surface area contributed by atoms with Gasteiger partial charge in [0, 0.05) is 18.0 Å². The summed E-state index contributed by atoms with van der Waals surface area (Å²) in [6.45, 7) is 5.17. The summed E-state index contributed by atoms with van der Waals surface area (Å²) in [6.07, 6.45) is 6.12. The fourth-order valence-electron chi connectivity index (χ4n) is 4.32. The first-order chi connectivity index (χ1) is 15.0. The van der Waals surface area contributed by atoms with Gasteiger partial charge < -0.3 is 20.1 Å². The first-order valence-electron chi connectivity index (χ1n) is 11.0. The average molecular weight is 443 g/mol. The van der Waals surface area contributed by atoms with Gasteiger partial charge in [-0.2, -0.15) is 0 Å². The second-order valence-corrected chi connectivity index (χ2v) is 9.53. The SMILES string of the molecule is Cc1cc(C)cc(OCC(=O)Nc2sc3c(c2C(=O)NC[C@@H]2CCCO2)CCCC3)c1. The van der Waals surface area contributed by atoms with Crippen LogP contribution < -0.4 is 15.4 Å². The minimum Gasteiger partial charge on any atom is -0.484 e. The average Bonchev–Trinajstić information content (AvgIpc) is 3.37. The van der Waals surface area contributed by atoms with Gasteiger partial charge in [0.15, 0.2) is 6.61 Å². The lowest BCUT2D eigenvalue weighted by molar-refractivity contribution is -0.118. The van der Waals surface area contributed by atoms with E-state index < -0.39 is 0 Å². The van der Waals surface area contributed by atoms with E-state index in [4.69, 9.17) is 9.47 Å². The van der Waals surface area contributed by atoms with Crippen molar-refractivity contribution in [3.63, 3.8) is 0 Å². The van der Waals surface area contributed by atoms with Gasteiger partial charge >= 0.3 is 0 Å². The molecule has 31 heavy (non-hydrogen) atoms. The van der Waals surface area contributed by atoms with Crippen LogP contribution in [-0.2, 0) is 22.4 Å². The fraction of sp³-hybridized carbons (Fsp3) is 0.500. The molecule has 2 amide bonds. The highest BCUT2D eigenvalue weighted by Gasteiger charge is 2.27. The number of ether oxygens (including phenoxy) is 2. The summed E-state index contributed by atoms with van der Waals surface area (Å²) < 4.78 is 11.3. The number of carbonyl (C=O) groups excluding carboxylic acids is 2. The Bertz CT molecular complexity index is 942. The summed E-state index contributed by atoms with van der Waals surface area (Å²) in [5.41, 5.74) is 3.89. The molecule has 2 aliphatic rings. The Labute approximate surface area is 187 Å². The first kappa shape index (κ1) is 21.8. The maximum Gasteiger partial charge on any atom is 0.262 e. The summed E-state index contributed by atoms with van der Waals surface area (Å²) in [5.74, 6) is 0.291. The summed E-state index contributed by atoms with van der Waals surface area (Å²) in [7, 11) is 0. The largest absolute Gasteiger partial charge is 0.484 e. The number of hydrogen-bond donors (Lipinski definition) is 2. The summed E-state index contributed by atoms with van der Waals surface area (Å²) in [6, 6.07) is 5.88. The van der Waals surface area contributed by atoms with Crippen molar-refractivity contribution in [2.24, 2.45) is 0 Å². The van der Waals surface area contributed by atoms with Gasteiger partial charge in [-0.3, -0.25) is 9.59 Å². The maximum atomic E-state index is 13.0. The van der Waals surface area contributed by atoms with Crippen LogP contribution in [0.15, 0.2) is 18.2 Å². The Morgan fingerprint density at radius 2 is 1.90 bits per heavy atom. The lowest BCUT2D eigenvalue weighted by Crippen LogP contribution is -2.33. The van der Waals surface area contributed by atoms with Crippen LogP contribution in [0.1, 0.15) is 57.6 Å². The van der Waals surface area contributed by atoms with E-state index in [1.54, 1.807) is 0 Å². The molecule has 1 saturated heterocycles. The van der Waals surface area contributed by atoms with Crippen molar-refractivity contribution in [1.82, 2.24) is 5.32 Å². The first-order valence-corrected chi connectivity index (χ1v) is 11.9. The topological polar surface area (TPSA) is 76.7 Å². The summed E-state index contributed by atoms with van der Waals surface area (Å²) >= 11 is 1.52. The molecule has 6 nitrogen and oxygen atoms in total. The van der Waals surface area contributed by atoms with Crippen LogP contribution in [-0.4, -0.2) is 37.7 Å². The molecular formula is C24H30N2O4S. The van der Waals surface area contributed by atoms with Gasteiger partial charge in [-0.15, -0.1) is 11.3 Å². The van der Waals surface area contributed by atoms with Crippen LogP contribution in [0.5, 0.6) is 5.75 Å². The van der Waals surface area contributed by atoms with Crippen LogP contribution in [0, 0.1) is 13.8 Å². The molecule has 166 valence electrons. The van der Waals surface area contributed by atoms with E-state index >= 15 is 0 Å². The molecule has 0 spiro atoms. The monoisotopic (exact) mass is 442 g/mol. The molecule has 2 aromatic rings. The zero-order valence-electron chi connectivity index (χ0n) is 18.2. The highest BCUT2D eigenvalue weighted by Crippen LogP contribution is 2.38. The quantitative estimate of drug-likeness (QED) is 0.675. The molecule has 1 aromatic carbocycles. The van der Waals surface area contributed by atoms with E-state index in [9.17, 15) is 9.59 Å². The molecule has 1 fully saturated rings. The number of benzene rings is 1. The van der Waals surface area contributed by atoms with Crippen molar-refractivity contribution in [1.29, 1.82) is 0 Å². The zero-order valence-corrected chi connectivity index (χ0v) is 19.0. The molecule has 1 aliphatic carbocycles. The van der Waals surface area contributed by atoms with Crippen LogP contribution >= 0.6 is 11.3 Å². The lowest BCUT2D eigenvalue weighted by atomic mass is 9.95. The van der Waals surface area contributed by atoms with Crippen molar-refractivity contribution < 1.29 is 19.1 Å². The van der Waals surface area contributed by atoms with Crippen molar-refractivity contribution >= 4 is 28.2 Å². The fourth-order valence-corrected chi connectivity index (χ4v) is 5.63. The van der Waals surface area contributed by atoms with Crippen LogP contribution in [0.3, 0.4) is 0 Å². The normalized spacial score (nSPS) is 17.8. The Hall–Kier alpha value is -2.38. The number of amides is 2. The van der Waals surface area contributed by atoms with Crippen molar-refractivity contribution in [3.05, 3.63) is 45.3 Å². The van der Waals surface area contributed by atoms with Gasteiger partial charge in [-0.1, -0.05) is 6.07 Å². The molecule has 2 N–H and O–H groups in total. The minimum absolute atomic E-state index is 0.0858. The minimum atomic E-state index is -0.258. The second kappa shape index (κ2) is 9.83. The van der Waals surface area contributed by atoms with Gasteiger partial charge in [-0.25, -0.2) is 0 Å². The van der Waals surface area contributed by atoms with Gasteiger partial charge in [0.05, 0.1) is 11.7 Å². The Kier molecular flexibility index (Phi) is 6.92. The van der Waals surface area contributed by atoms with Gasteiger partial charge in [-0.05, 0) is 81.2 Å². The van der Waals surface area contributed by atoms with Crippen LogP contribution in [0.2, 0.25) is 0 Å². The van der Waals surface area contributed by atoms with Crippen LogP contribution in [0.4, 0.5) is 5.00 Å². The van der Waals surface area contributed by atoms with Crippen molar-refractivity contribution in [3.8, 4) is 5.75 Å². The highest BCUT2D eigenvalue weighted by molar-refractivity contribution is 7.17. The molecule has 0 unspecified atom stereocenters. The Morgan fingerprint density at radius 1 is 1.13 bits per heavy atom. The third-order valence-electron chi connectivity index (χ3n) is 5.73. The summed E-state index contributed by atoms with van der Waals surface area (Å²) in [5, 5.41) is 6.59. The Balaban J connectivity index is 1.44. The molecule has 0 saturated carbocycles. The summed E-state index contributed by atoms with van der Waals surface area (Å²) in [4.78, 5) is 26.9. The molecule has 4 rings (SSSR count). The molecule has 2 heterocycles. The number of nitrogens with one attached hydrogen (secondary N) is 2. The van der Waals surface area contributed by atoms with E-state index in [-0.39, 0.29) is 24.5 Å². The van der Waals surface area contributed by atoms with E-state index in [2.05, 4.69) is 16.7 Å². The third-order valence-corrected chi connectivity index (χ3v) is 6.94. The van der Waals surface area contributed by atoms with E-state index in [0.717, 1.165) is 61.8 Å². The number of fused-ring (bicyclic) bond motifs is 1. The highest BCUT2D eigenvalue weighted by atomic mass is 32.1. The zero-order chi connectivity index (χ0) is 21.8. The maximum absolute atomic E-state index is 13.0. The Morgan fingerprint density at radius 3 is 2.65 bits per heavy atom. The van der Waals surface area contributed by atoms with E-state index in [1.807, 2.05) is 26.0 Å². The molecule has 0 bridgehead atoms. The number of anilines is 1. The van der Waals surface area contributed by atoms with E-state index in [1.165, 1.54) is 16.2 Å². The smallest absolute Gasteiger partial charge is 0.262 e. The van der Waals surface area contributed by atoms with Crippen LogP contribution in [0.25, 0.3) is 0 Å². The lowest BCUT2D eigenvalue weighted by Gasteiger charge is -2.15. The number of hydrogen-bond acceptors (Lipinski definition) is 5.